The number of fused-ring (bicyclic) bond motifs is 1. The lowest BCUT2D eigenvalue weighted by molar-refractivity contribution is -0.162. The first-order chi connectivity index (χ1) is 8.25. The summed E-state index contributed by atoms with van der Waals surface area (Å²) in [7, 11) is 0. The van der Waals surface area contributed by atoms with Crippen LogP contribution in [-0.4, -0.2) is 25.4 Å². The fourth-order valence-electron chi connectivity index (χ4n) is 2.77. The summed E-state index contributed by atoms with van der Waals surface area (Å²) in [5, 5.41) is 0. The molecule has 0 spiro atoms. The number of hydrogen-bond donors (Lipinski definition) is 1. The van der Waals surface area contributed by atoms with Crippen molar-refractivity contribution in [1.29, 1.82) is 0 Å². The Hall–Kier alpha value is -0.900. The van der Waals surface area contributed by atoms with Crippen LogP contribution in [0.15, 0.2) is 24.3 Å². The second-order valence-corrected chi connectivity index (χ2v) is 5.13. The zero-order valence-electron chi connectivity index (χ0n) is 10.1. The van der Waals surface area contributed by atoms with Gasteiger partial charge in [-0.05, 0) is 23.5 Å². The molecular weight excluding hydrogens is 214 g/mol. The van der Waals surface area contributed by atoms with Gasteiger partial charge < -0.3 is 15.2 Å². The average molecular weight is 233 g/mol. The van der Waals surface area contributed by atoms with Crippen LogP contribution in [0.1, 0.15) is 36.4 Å². The molecule has 1 fully saturated rings. The van der Waals surface area contributed by atoms with Gasteiger partial charge in [0.2, 0.25) is 0 Å². The van der Waals surface area contributed by atoms with Crippen molar-refractivity contribution in [3.63, 3.8) is 0 Å². The predicted octanol–water partition coefficient (Wildman–Crippen LogP) is 1.98. The molecule has 3 nitrogen and oxygen atoms in total. The Kier molecular flexibility index (Phi) is 2.90. The van der Waals surface area contributed by atoms with Crippen LogP contribution in [-0.2, 0) is 9.47 Å². The molecule has 1 heterocycles. The second kappa shape index (κ2) is 4.41. The molecule has 1 aliphatic heterocycles. The molecule has 1 aromatic carbocycles. The van der Waals surface area contributed by atoms with Crippen molar-refractivity contribution in [2.24, 2.45) is 5.73 Å². The summed E-state index contributed by atoms with van der Waals surface area (Å²) in [5.74, 6) is 0.525. The molecule has 0 radical (unpaired) electrons. The largest absolute Gasteiger partial charge is 0.376 e. The summed E-state index contributed by atoms with van der Waals surface area (Å²) >= 11 is 0. The maximum atomic E-state index is 6.31. The molecule has 1 aromatic rings. The molecule has 3 heteroatoms. The van der Waals surface area contributed by atoms with Gasteiger partial charge in [0.25, 0.3) is 0 Å². The highest BCUT2D eigenvalue weighted by Gasteiger charge is 2.34. The predicted molar refractivity (Wildman–Crippen MR) is 65.9 cm³/mol. The van der Waals surface area contributed by atoms with Gasteiger partial charge in [0.15, 0.2) is 0 Å². The zero-order chi connectivity index (χ0) is 11.8. The van der Waals surface area contributed by atoms with Gasteiger partial charge >= 0.3 is 0 Å². The molecule has 1 aliphatic carbocycles. The van der Waals surface area contributed by atoms with Gasteiger partial charge in [-0.1, -0.05) is 31.2 Å². The van der Waals surface area contributed by atoms with Crippen LogP contribution in [0.5, 0.6) is 0 Å². The molecule has 3 unspecified atom stereocenters. The maximum absolute atomic E-state index is 6.31. The van der Waals surface area contributed by atoms with E-state index in [4.69, 9.17) is 15.2 Å². The third-order valence-corrected chi connectivity index (χ3v) is 3.85. The fourth-order valence-corrected chi connectivity index (χ4v) is 2.77. The first-order valence-electron chi connectivity index (χ1n) is 6.33. The minimum atomic E-state index is 0.00278. The molecule has 0 saturated carbocycles. The quantitative estimate of drug-likeness (QED) is 0.849. The van der Waals surface area contributed by atoms with Crippen LogP contribution < -0.4 is 5.73 Å². The van der Waals surface area contributed by atoms with Gasteiger partial charge in [-0.25, -0.2) is 0 Å². The van der Waals surface area contributed by atoms with Gasteiger partial charge in [-0.15, -0.1) is 0 Å². The number of hydrogen-bond acceptors (Lipinski definition) is 3. The Morgan fingerprint density at radius 1 is 1.24 bits per heavy atom. The Morgan fingerprint density at radius 2 is 1.94 bits per heavy atom. The first-order valence-corrected chi connectivity index (χ1v) is 6.33. The maximum Gasteiger partial charge on any atom is 0.105 e. The van der Waals surface area contributed by atoms with Crippen LogP contribution in [0.25, 0.3) is 0 Å². The molecule has 2 N–H and O–H groups in total. The van der Waals surface area contributed by atoms with E-state index in [1.54, 1.807) is 0 Å². The van der Waals surface area contributed by atoms with Crippen molar-refractivity contribution < 1.29 is 9.47 Å². The topological polar surface area (TPSA) is 44.5 Å². The summed E-state index contributed by atoms with van der Waals surface area (Å²) < 4.78 is 11.2. The van der Waals surface area contributed by atoms with Crippen LogP contribution >= 0.6 is 0 Å². The monoisotopic (exact) mass is 233 g/mol. The molecule has 0 aromatic heterocycles. The molecule has 2 aliphatic rings. The molecule has 3 atom stereocenters. The molecule has 3 rings (SSSR count). The van der Waals surface area contributed by atoms with Gasteiger partial charge in [0.05, 0.1) is 25.4 Å². The third kappa shape index (κ3) is 1.99. The molecular formula is C14H19NO2. The summed E-state index contributed by atoms with van der Waals surface area (Å²) in [6, 6.07) is 8.46. The molecule has 1 saturated heterocycles. The lowest BCUT2D eigenvalue weighted by Gasteiger charge is -2.38. The van der Waals surface area contributed by atoms with Crippen molar-refractivity contribution in [1.82, 2.24) is 0 Å². The van der Waals surface area contributed by atoms with E-state index in [1.165, 1.54) is 11.1 Å². The van der Waals surface area contributed by atoms with Crippen LogP contribution in [0, 0.1) is 0 Å². The lowest BCUT2D eigenvalue weighted by Crippen LogP contribution is -2.44. The van der Waals surface area contributed by atoms with Gasteiger partial charge in [0, 0.05) is 0 Å². The van der Waals surface area contributed by atoms with Crippen LogP contribution in [0.2, 0.25) is 0 Å². The van der Waals surface area contributed by atoms with E-state index < -0.39 is 0 Å². The van der Waals surface area contributed by atoms with Gasteiger partial charge in [-0.2, -0.15) is 0 Å². The van der Waals surface area contributed by atoms with Crippen LogP contribution in [0.4, 0.5) is 0 Å². The number of rotatable bonds is 2. The average Bonchev–Trinajstić information content (AvgIpc) is 2.30. The van der Waals surface area contributed by atoms with Crippen molar-refractivity contribution >= 4 is 0 Å². The Morgan fingerprint density at radius 3 is 2.59 bits per heavy atom. The van der Waals surface area contributed by atoms with Crippen molar-refractivity contribution in [3.8, 4) is 0 Å². The lowest BCUT2D eigenvalue weighted by atomic mass is 9.79. The van der Waals surface area contributed by atoms with E-state index in [0.29, 0.717) is 5.92 Å². The zero-order valence-corrected chi connectivity index (χ0v) is 10.1. The molecule has 0 bridgehead atoms. The first kappa shape index (κ1) is 11.2. The summed E-state index contributed by atoms with van der Waals surface area (Å²) in [6.07, 6.45) is 1.40. The van der Waals surface area contributed by atoms with E-state index in [2.05, 4.69) is 31.2 Å². The van der Waals surface area contributed by atoms with Crippen molar-refractivity contribution in [3.05, 3.63) is 35.4 Å². The Balaban J connectivity index is 1.81. The van der Waals surface area contributed by atoms with E-state index in [-0.39, 0.29) is 18.2 Å². The highest BCUT2D eigenvalue weighted by molar-refractivity contribution is 5.36. The summed E-state index contributed by atoms with van der Waals surface area (Å²) in [6.45, 7) is 3.69. The normalized spacial score (nSPS) is 32.9. The molecule has 17 heavy (non-hydrogen) atoms. The minimum absolute atomic E-state index is 0.00278. The Bertz CT molecular complexity index is 403. The highest BCUT2D eigenvalue weighted by Crippen LogP contribution is 2.38. The smallest absolute Gasteiger partial charge is 0.105 e. The summed E-state index contributed by atoms with van der Waals surface area (Å²) in [4.78, 5) is 0. The van der Waals surface area contributed by atoms with E-state index in [1.807, 2.05) is 0 Å². The highest BCUT2D eigenvalue weighted by atomic mass is 16.6. The van der Waals surface area contributed by atoms with Gasteiger partial charge in [0.1, 0.15) is 6.10 Å². The van der Waals surface area contributed by atoms with Crippen molar-refractivity contribution in [2.45, 2.75) is 37.5 Å². The second-order valence-electron chi connectivity index (χ2n) is 5.13. The van der Waals surface area contributed by atoms with E-state index in [0.717, 1.165) is 19.6 Å². The third-order valence-electron chi connectivity index (χ3n) is 3.85. The summed E-state index contributed by atoms with van der Waals surface area (Å²) in [5.41, 5.74) is 8.94. The minimum Gasteiger partial charge on any atom is -0.376 e. The van der Waals surface area contributed by atoms with E-state index in [9.17, 15) is 0 Å². The molecule has 92 valence electrons. The molecule has 0 amide bonds. The number of nitrogens with two attached hydrogens (primary N) is 1. The number of benzene rings is 1. The standard InChI is InChI=1S/C14H19NO2/c1-9-6-13(17-10-7-16-8-10)14(15)12-5-3-2-4-11(9)12/h2-5,9-10,13-14H,6-8,15H2,1H3. The number of ether oxygens (including phenoxy) is 2. The van der Waals surface area contributed by atoms with Crippen molar-refractivity contribution in [2.75, 3.05) is 13.2 Å². The van der Waals surface area contributed by atoms with Crippen LogP contribution in [0.3, 0.4) is 0 Å². The SMILES string of the molecule is CC1CC(OC2COC2)C(N)c2ccccc21. The van der Waals surface area contributed by atoms with Gasteiger partial charge in [-0.3, -0.25) is 0 Å². The van der Waals surface area contributed by atoms with E-state index >= 15 is 0 Å². The Labute approximate surface area is 102 Å². The fraction of sp³-hybridized carbons (Fsp3) is 0.571.